The third-order valence-electron chi connectivity index (χ3n) is 6.00. The third-order valence-corrected chi connectivity index (χ3v) is 6.32. The Labute approximate surface area is 204 Å². The summed E-state index contributed by atoms with van der Waals surface area (Å²) in [4.78, 5) is 0. The average molecular weight is 492 g/mol. The van der Waals surface area contributed by atoms with Crippen LogP contribution in [0.3, 0.4) is 0 Å². The Hall–Kier alpha value is -0.820. The van der Waals surface area contributed by atoms with Gasteiger partial charge in [-0.2, -0.15) is 0 Å². The molecule has 0 fully saturated rings. The third kappa shape index (κ3) is 20.8. The van der Waals surface area contributed by atoms with Gasteiger partial charge in [0.2, 0.25) is 0 Å². The summed E-state index contributed by atoms with van der Waals surface area (Å²) in [5.74, 6) is 0.835. The van der Waals surface area contributed by atoms with Crippen LogP contribution in [0.1, 0.15) is 119 Å². The minimum absolute atomic E-state index is 0.835. The number of hydrogen-bond donors (Lipinski definition) is 0. The largest absolute Gasteiger partial charge is 0.0883 e. The molecular weight excluding hydrogens is 440 g/mol. The first-order valence-electron chi connectivity index (χ1n) is 12.6. The molecule has 0 aromatic rings. The molecule has 0 saturated heterocycles. The van der Waals surface area contributed by atoms with E-state index in [0.717, 1.165) is 11.2 Å². The summed E-state index contributed by atoms with van der Waals surface area (Å²) >= 11 is 3.48. The van der Waals surface area contributed by atoms with Crippen LogP contribution in [0.4, 0.5) is 0 Å². The SMILES string of the molecule is CC(C)=CCC/C(C)=C/CC/C(C)=C/CC/C(C)=C/CCC(C)CCC/C(C)=C/CBr. The summed E-state index contributed by atoms with van der Waals surface area (Å²) in [7, 11) is 0. The second-order valence-corrected chi connectivity index (χ2v) is 10.5. The fourth-order valence-electron chi connectivity index (χ4n) is 3.71. The van der Waals surface area contributed by atoms with Gasteiger partial charge in [-0.25, -0.2) is 0 Å². The Balaban J connectivity index is 3.99. The van der Waals surface area contributed by atoms with Crippen LogP contribution in [-0.2, 0) is 0 Å². The maximum Gasteiger partial charge on any atom is 0.0214 e. The van der Waals surface area contributed by atoms with Gasteiger partial charge < -0.3 is 0 Å². The van der Waals surface area contributed by atoms with E-state index >= 15 is 0 Å². The second-order valence-electron chi connectivity index (χ2n) is 9.83. The van der Waals surface area contributed by atoms with E-state index in [1.54, 1.807) is 11.1 Å². The Bertz CT molecular complexity index is 608. The van der Waals surface area contributed by atoms with Crippen molar-refractivity contribution in [3.05, 3.63) is 58.2 Å². The Morgan fingerprint density at radius 2 is 1.03 bits per heavy atom. The van der Waals surface area contributed by atoms with E-state index in [2.05, 4.69) is 94.8 Å². The summed E-state index contributed by atoms with van der Waals surface area (Å²) in [6.45, 7) is 15.9. The molecule has 1 unspecified atom stereocenters. The van der Waals surface area contributed by atoms with E-state index in [4.69, 9.17) is 0 Å². The second kappa shape index (κ2) is 19.8. The summed E-state index contributed by atoms with van der Waals surface area (Å²) in [5.41, 5.74) is 7.58. The van der Waals surface area contributed by atoms with Crippen molar-refractivity contribution in [2.75, 3.05) is 5.33 Å². The molecule has 0 aliphatic heterocycles. The molecule has 0 saturated carbocycles. The highest BCUT2D eigenvalue weighted by atomic mass is 79.9. The minimum atomic E-state index is 0.835. The minimum Gasteiger partial charge on any atom is -0.0883 e. The molecule has 0 amide bonds. The van der Waals surface area contributed by atoms with Crippen molar-refractivity contribution in [1.29, 1.82) is 0 Å². The van der Waals surface area contributed by atoms with E-state index in [1.165, 1.54) is 87.3 Å². The van der Waals surface area contributed by atoms with Gasteiger partial charge in [0.05, 0.1) is 0 Å². The molecule has 0 nitrogen and oxygen atoms in total. The molecule has 0 aliphatic carbocycles. The molecule has 178 valence electrons. The van der Waals surface area contributed by atoms with Crippen LogP contribution in [0.25, 0.3) is 0 Å². The van der Waals surface area contributed by atoms with Crippen LogP contribution in [0.2, 0.25) is 0 Å². The predicted molar refractivity (Wildman–Crippen MR) is 148 cm³/mol. The molecule has 1 atom stereocenters. The predicted octanol–water partition coefficient (Wildman–Crippen LogP) is 11.1. The Kier molecular flexibility index (Phi) is 19.3. The molecule has 0 N–H and O–H groups in total. The molecule has 0 rings (SSSR count). The number of alkyl halides is 1. The highest BCUT2D eigenvalue weighted by Crippen LogP contribution is 2.18. The number of hydrogen-bond acceptors (Lipinski definition) is 0. The quantitative estimate of drug-likeness (QED) is 0.140. The van der Waals surface area contributed by atoms with Gasteiger partial charge in [-0.15, -0.1) is 0 Å². The molecule has 1 heteroatoms. The zero-order valence-electron chi connectivity index (χ0n) is 21.8. The van der Waals surface area contributed by atoms with E-state index in [-0.39, 0.29) is 0 Å². The van der Waals surface area contributed by atoms with Gasteiger partial charge in [-0.3, -0.25) is 0 Å². The molecule has 0 radical (unpaired) electrons. The molecule has 0 bridgehead atoms. The van der Waals surface area contributed by atoms with Crippen LogP contribution in [0, 0.1) is 5.92 Å². The van der Waals surface area contributed by atoms with E-state index in [9.17, 15) is 0 Å². The van der Waals surface area contributed by atoms with Crippen LogP contribution in [0.5, 0.6) is 0 Å². The summed E-state index contributed by atoms with van der Waals surface area (Å²) in [6, 6.07) is 0. The maximum atomic E-state index is 3.48. The van der Waals surface area contributed by atoms with E-state index < -0.39 is 0 Å². The smallest absolute Gasteiger partial charge is 0.0214 e. The van der Waals surface area contributed by atoms with Crippen molar-refractivity contribution >= 4 is 15.9 Å². The zero-order valence-corrected chi connectivity index (χ0v) is 23.4. The van der Waals surface area contributed by atoms with Gasteiger partial charge in [0.25, 0.3) is 0 Å². The Morgan fingerprint density at radius 3 is 1.52 bits per heavy atom. The van der Waals surface area contributed by atoms with Gasteiger partial charge >= 0.3 is 0 Å². The highest BCUT2D eigenvalue weighted by molar-refractivity contribution is 9.09. The van der Waals surface area contributed by atoms with Gasteiger partial charge in [-0.1, -0.05) is 87.5 Å². The fourth-order valence-corrected chi connectivity index (χ4v) is 4.26. The molecular formula is C30H51Br. The maximum absolute atomic E-state index is 3.48. The van der Waals surface area contributed by atoms with Gasteiger partial charge in [0.15, 0.2) is 0 Å². The lowest BCUT2D eigenvalue weighted by Crippen LogP contribution is -1.94. The topological polar surface area (TPSA) is 0 Å². The molecule has 0 spiro atoms. The van der Waals surface area contributed by atoms with Crippen molar-refractivity contribution in [2.24, 2.45) is 5.92 Å². The summed E-state index contributed by atoms with van der Waals surface area (Å²) in [6.07, 6.45) is 25.6. The normalized spacial score (nSPS) is 14.7. The first-order valence-corrected chi connectivity index (χ1v) is 13.7. The molecule has 31 heavy (non-hydrogen) atoms. The Morgan fingerprint density at radius 1 is 0.581 bits per heavy atom. The lowest BCUT2D eigenvalue weighted by Gasteiger charge is -2.10. The number of allylic oxidation sites excluding steroid dienone is 10. The van der Waals surface area contributed by atoms with Crippen molar-refractivity contribution in [3.8, 4) is 0 Å². The van der Waals surface area contributed by atoms with Gasteiger partial charge in [-0.05, 0) is 112 Å². The molecule has 0 heterocycles. The highest BCUT2D eigenvalue weighted by Gasteiger charge is 2.02. The molecule has 0 aliphatic rings. The molecule has 0 aromatic carbocycles. The van der Waals surface area contributed by atoms with Crippen molar-refractivity contribution < 1.29 is 0 Å². The summed E-state index contributed by atoms with van der Waals surface area (Å²) in [5, 5.41) is 0.987. The lowest BCUT2D eigenvalue weighted by atomic mass is 9.96. The zero-order chi connectivity index (χ0) is 23.5. The van der Waals surface area contributed by atoms with E-state index in [1.807, 2.05) is 0 Å². The van der Waals surface area contributed by atoms with Gasteiger partial charge in [0, 0.05) is 5.33 Å². The van der Waals surface area contributed by atoms with Crippen LogP contribution >= 0.6 is 15.9 Å². The lowest BCUT2D eigenvalue weighted by molar-refractivity contribution is 0.478. The summed E-state index contributed by atoms with van der Waals surface area (Å²) < 4.78 is 0. The first-order chi connectivity index (χ1) is 14.7. The van der Waals surface area contributed by atoms with Crippen LogP contribution in [0.15, 0.2) is 58.2 Å². The number of rotatable bonds is 17. The van der Waals surface area contributed by atoms with Crippen LogP contribution in [-0.4, -0.2) is 5.33 Å². The van der Waals surface area contributed by atoms with Crippen molar-refractivity contribution in [2.45, 2.75) is 119 Å². The first kappa shape index (κ1) is 30.2. The van der Waals surface area contributed by atoms with Crippen LogP contribution < -0.4 is 0 Å². The monoisotopic (exact) mass is 490 g/mol. The van der Waals surface area contributed by atoms with Gasteiger partial charge in [0.1, 0.15) is 0 Å². The molecule has 0 aromatic heterocycles. The van der Waals surface area contributed by atoms with Crippen molar-refractivity contribution in [1.82, 2.24) is 0 Å². The van der Waals surface area contributed by atoms with E-state index in [0.29, 0.717) is 0 Å². The fraction of sp³-hybridized carbons (Fsp3) is 0.667. The standard InChI is InChI=1S/C30H51Br/c1-25(2)13-8-14-26(3)15-9-16-27(4)17-10-18-28(5)19-11-20-29(6)21-12-22-30(7)23-24-31/h13,15,17,19,23,29H,8-12,14,16,18,20-22,24H2,1-7H3/b26-15+,27-17+,28-19+,30-23+. The van der Waals surface area contributed by atoms with Crippen molar-refractivity contribution in [3.63, 3.8) is 0 Å². The number of halogens is 1. The average Bonchev–Trinajstić information content (AvgIpc) is 2.68.